The van der Waals surface area contributed by atoms with E-state index in [0.29, 0.717) is 28.0 Å². The highest BCUT2D eigenvalue weighted by Gasteiger charge is 2.10. The molecule has 0 fully saturated rings. The highest BCUT2D eigenvalue weighted by Crippen LogP contribution is 2.33. The number of phenolic OH excluding ortho intramolecular Hbond substituents is 1. The quantitative estimate of drug-likeness (QED) is 0.719. The van der Waals surface area contributed by atoms with Crippen LogP contribution >= 0.6 is 0 Å². The van der Waals surface area contributed by atoms with Gasteiger partial charge in [0, 0.05) is 22.7 Å². The van der Waals surface area contributed by atoms with Crippen LogP contribution in [0.5, 0.6) is 11.5 Å². The average Bonchev–Trinajstić information content (AvgIpc) is 2.55. The Bertz CT molecular complexity index is 876. The predicted molar refractivity (Wildman–Crippen MR) is 87.5 cm³/mol. The van der Waals surface area contributed by atoms with Gasteiger partial charge < -0.3 is 15.2 Å². The van der Waals surface area contributed by atoms with E-state index in [2.05, 4.69) is 15.3 Å². The number of rotatable bonds is 4. The number of benzene rings is 2. The summed E-state index contributed by atoms with van der Waals surface area (Å²) in [4.78, 5) is 19.7. The number of carbonyl (C=O) groups excluding carboxylic acids is 1. The lowest BCUT2D eigenvalue weighted by Crippen LogP contribution is -1.98. The van der Waals surface area contributed by atoms with Crippen molar-refractivity contribution in [2.24, 2.45) is 0 Å². The van der Waals surface area contributed by atoms with Crippen molar-refractivity contribution in [3.8, 4) is 11.5 Å². The van der Waals surface area contributed by atoms with Gasteiger partial charge in [-0.2, -0.15) is 0 Å². The number of ketones is 1. The third kappa shape index (κ3) is 2.91. The topological polar surface area (TPSA) is 84.3 Å². The van der Waals surface area contributed by atoms with Crippen LogP contribution < -0.4 is 10.1 Å². The van der Waals surface area contributed by atoms with Crippen LogP contribution in [0.2, 0.25) is 0 Å². The van der Waals surface area contributed by atoms with E-state index in [-0.39, 0.29) is 11.5 Å². The Morgan fingerprint density at radius 1 is 1.17 bits per heavy atom. The summed E-state index contributed by atoms with van der Waals surface area (Å²) in [5.74, 6) is 0.947. The van der Waals surface area contributed by atoms with E-state index in [1.807, 2.05) is 0 Å². The van der Waals surface area contributed by atoms with Gasteiger partial charge in [-0.15, -0.1) is 0 Å². The molecular weight excluding hydrogens is 294 g/mol. The van der Waals surface area contributed by atoms with E-state index in [4.69, 9.17) is 4.74 Å². The molecule has 1 aromatic heterocycles. The monoisotopic (exact) mass is 309 g/mol. The van der Waals surface area contributed by atoms with Gasteiger partial charge in [0.2, 0.25) is 0 Å². The van der Waals surface area contributed by atoms with Crippen LogP contribution in [-0.4, -0.2) is 28.0 Å². The summed E-state index contributed by atoms with van der Waals surface area (Å²) in [5, 5.41) is 13.8. The first-order valence-electron chi connectivity index (χ1n) is 6.98. The Balaban J connectivity index is 1.99. The van der Waals surface area contributed by atoms with E-state index >= 15 is 0 Å². The van der Waals surface area contributed by atoms with E-state index in [1.165, 1.54) is 20.4 Å². The van der Waals surface area contributed by atoms with Gasteiger partial charge in [0.1, 0.15) is 12.1 Å². The van der Waals surface area contributed by atoms with Gasteiger partial charge >= 0.3 is 0 Å². The SMILES string of the molecule is COc1cc2ncnc(Nc3ccc(C(C)=O)cc3)c2cc1O. The molecular formula is C17H15N3O3. The molecule has 0 atom stereocenters. The van der Waals surface area contributed by atoms with Gasteiger partial charge in [-0.05, 0) is 37.3 Å². The molecule has 2 N–H and O–H groups in total. The molecule has 0 unspecified atom stereocenters. The fourth-order valence-corrected chi connectivity index (χ4v) is 2.26. The maximum absolute atomic E-state index is 11.3. The lowest BCUT2D eigenvalue weighted by atomic mass is 10.1. The summed E-state index contributed by atoms with van der Waals surface area (Å²) < 4.78 is 5.08. The van der Waals surface area contributed by atoms with Crippen molar-refractivity contribution in [3.63, 3.8) is 0 Å². The number of hydrogen-bond donors (Lipinski definition) is 2. The van der Waals surface area contributed by atoms with Crippen molar-refractivity contribution in [1.82, 2.24) is 9.97 Å². The number of carbonyl (C=O) groups is 1. The summed E-state index contributed by atoms with van der Waals surface area (Å²) in [6, 6.07) is 10.3. The van der Waals surface area contributed by atoms with Gasteiger partial charge in [0.15, 0.2) is 17.3 Å². The van der Waals surface area contributed by atoms with Crippen LogP contribution in [0.15, 0.2) is 42.7 Å². The molecule has 0 saturated heterocycles. The number of Topliss-reactive ketones (excluding diaryl/α,β-unsaturated/α-hetero) is 1. The fourth-order valence-electron chi connectivity index (χ4n) is 2.26. The Morgan fingerprint density at radius 3 is 2.57 bits per heavy atom. The maximum Gasteiger partial charge on any atom is 0.162 e. The molecule has 1 heterocycles. The molecule has 6 nitrogen and oxygen atoms in total. The molecule has 2 aromatic carbocycles. The minimum absolute atomic E-state index is 0.0149. The Labute approximate surface area is 132 Å². The first kappa shape index (κ1) is 14.8. The Hall–Kier alpha value is -3.15. The second kappa shape index (κ2) is 5.92. The molecule has 23 heavy (non-hydrogen) atoms. The lowest BCUT2D eigenvalue weighted by molar-refractivity contribution is 0.101. The van der Waals surface area contributed by atoms with Crippen LogP contribution in [0.4, 0.5) is 11.5 Å². The van der Waals surface area contributed by atoms with Crippen molar-refractivity contribution in [1.29, 1.82) is 0 Å². The summed E-state index contributed by atoms with van der Waals surface area (Å²) >= 11 is 0. The predicted octanol–water partition coefficient (Wildman–Crippen LogP) is 3.29. The van der Waals surface area contributed by atoms with Crippen LogP contribution in [0.3, 0.4) is 0 Å². The van der Waals surface area contributed by atoms with Crippen LogP contribution in [0.1, 0.15) is 17.3 Å². The molecule has 0 aliphatic rings. The molecule has 0 aliphatic carbocycles. The molecule has 6 heteroatoms. The molecule has 116 valence electrons. The molecule has 0 saturated carbocycles. The maximum atomic E-state index is 11.3. The zero-order valence-electron chi connectivity index (χ0n) is 12.7. The number of aromatic nitrogens is 2. The van der Waals surface area contributed by atoms with Gasteiger partial charge in [-0.3, -0.25) is 4.79 Å². The van der Waals surface area contributed by atoms with Gasteiger partial charge in [0.05, 0.1) is 12.6 Å². The largest absolute Gasteiger partial charge is 0.504 e. The Morgan fingerprint density at radius 2 is 1.91 bits per heavy atom. The van der Waals surface area contributed by atoms with Crippen molar-refractivity contribution in [2.75, 3.05) is 12.4 Å². The van der Waals surface area contributed by atoms with Crippen molar-refractivity contribution >= 4 is 28.2 Å². The smallest absolute Gasteiger partial charge is 0.162 e. The van der Waals surface area contributed by atoms with Crippen LogP contribution in [0, 0.1) is 0 Å². The third-order valence-corrected chi connectivity index (χ3v) is 3.49. The number of nitrogens with zero attached hydrogens (tertiary/aromatic N) is 2. The number of methoxy groups -OCH3 is 1. The second-order valence-electron chi connectivity index (χ2n) is 5.02. The van der Waals surface area contributed by atoms with Crippen LogP contribution in [-0.2, 0) is 0 Å². The summed E-state index contributed by atoms with van der Waals surface area (Å²) in [6.07, 6.45) is 1.44. The molecule has 3 rings (SSSR count). The summed E-state index contributed by atoms with van der Waals surface area (Å²) in [6.45, 7) is 1.52. The molecule has 0 aliphatic heterocycles. The minimum atomic E-state index is 0.0149. The first-order valence-corrected chi connectivity index (χ1v) is 6.98. The number of ether oxygens (including phenoxy) is 1. The molecule has 0 spiro atoms. The standard InChI is InChI=1S/C17H15N3O3/c1-10(21)11-3-5-12(6-4-11)20-17-13-7-15(22)16(23-2)8-14(13)18-9-19-17/h3-9,22H,1-2H3,(H,18,19,20). The lowest BCUT2D eigenvalue weighted by Gasteiger charge is -2.10. The number of nitrogens with one attached hydrogen (secondary N) is 1. The molecule has 0 amide bonds. The van der Waals surface area contributed by atoms with E-state index in [1.54, 1.807) is 36.4 Å². The molecule has 0 bridgehead atoms. The van der Waals surface area contributed by atoms with E-state index in [0.717, 1.165) is 5.69 Å². The minimum Gasteiger partial charge on any atom is -0.504 e. The number of phenols is 1. The second-order valence-corrected chi connectivity index (χ2v) is 5.02. The number of aromatic hydroxyl groups is 1. The average molecular weight is 309 g/mol. The normalized spacial score (nSPS) is 10.5. The summed E-state index contributed by atoms with van der Waals surface area (Å²) in [5.41, 5.74) is 2.08. The van der Waals surface area contributed by atoms with E-state index in [9.17, 15) is 9.90 Å². The van der Waals surface area contributed by atoms with Crippen molar-refractivity contribution < 1.29 is 14.6 Å². The van der Waals surface area contributed by atoms with E-state index < -0.39 is 0 Å². The number of anilines is 2. The fraction of sp³-hybridized carbons (Fsp3) is 0.118. The van der Waals surface area contributed by atoms with Gasteiger partial charge in [-0.25, -0.2) is 9.97 Å². The van der Waals surface area contributed by atoms with Gasteiger partial charge in [0.25, 0.3) is 0 Å². The highest BCUT2D eigenvalue weighted by molar-refractivity contribution is 5.95. The number of hydrogen-bond acceptors (Lipinski definition) is 6. The zero-order chi connectivity index (χ0) is 16.4. The first-order chi connectivity index (χ1) is 11.1. The zero-order valence-corrected chi connectivity index (χ0v) is 12.7. The third-order valence-electron chi connectivity index (χ3n) is 3.49. The Kier molecular flexibility index (Phi) is 3.80. The van der Waals surface area contributed by atoms with Crippen molar-refractivity contribution in [2.45, 2.75) is 6.92 Å². The van der Waals surface area contributed by atoms with Crippen LogP contribution in [0.25, 0.3) is 10.9 Å². The molecule has 0 radical (unpaired) electrons. The summed E-state index contributed by atoms with van der Waals surface area (Å²) in [7, 11) is 1.48. The van der Waals surface area contributed by atoms with Crippen molar-refractivity contribution in [3.05, 3.63) is 48.3 Å². The van der Waals surface area contributed by atoms with Gasteiger partial charge in [-0.1, -0.05) is 0 Å². The number of fused-ring (bicyclic) bond motifs is 1. The molecule has 3 aromatic rings. The highest BCUT2D eigenvalue weighted by atomic mass is 16.5.